The third-order valence-electron chi connectivity index (χ3n) is 3.13. The molecule has 0 N–H and O–H groups in total. The summed E-state index contributed by atoms with van der Waals surface area (Å²) in [4.78, 5) is 0. The second kappa shape index (κ2) is 4.01. The summed E-state index contributed by atoms with van der Waals surface area (Å²) < 4.78 is 2.45. The van der Waals surface area contributed by atoms with E-state index in [-0.39, 0.29) is 0 Å². The van der Waals surface area contributed by atoms with Gasteiger partial charge in [0, 0.05) is 20.8 Å². The van der Waals surface area contributed by atoms with Gasteiger partial charge < -0.3 is 0 Å². The number of hydrogen-bond acceptors (Lipinski definition) is 0. The van der Waals surface area contributed by atoms with Crippen LogP contribution in [0.1, 0.15) is 0 Å². The molecule has 80 valence electrons. The van der Waals surface area contributed by atoms with Crippen molar-refractivity contribution in [2.45, 2.75) is 0 Å². The van der Waals surface area contributed by atoms with E-state index < -0.39 is 0 Å². The lowest BCUT2D eigenvalue weighted by Gasteiger charge is -2.24. The van der Waals surface area contributed by atoms with Gasteiger partial charge in [0.15, 0.2) is 0 Å². The Bertz CT molecular complexity index is 608. The van der Waals surface area contributed by atoms with Gasteiger partial charge in [0.2, 0.25) is 0 Å². The Balaban J connectivity index is 2.28. The highest BCUT2D eigenvalue weighted by Gasteiger charge is 2.22. The van der Waals surface area contributed by atoms with Gasteiger partial charge in [-0.25, -0.2) is 0 Å². The largest absolute Gasteiger partial charge is 0.0766 e. The van der Waals surface area contributed by atoms with E-state index in [1.54, 1.807) is 0 Å². The van der Waals surface area contributed by atoms with E-state index in [0.29, 0.717) is 11.8 Å². The third kappa shape index (κ3) is 1.64. The number of halogens is 2. The molecular formula is C14H10Br2. The van der Waals surface area contributed by atoms with Gasteiger partial charge in [0.05, 0.1) is 0 Å². The summed E-state index contributed by atoms with van der Waals surface area (Å²) in [5, 5.41) is 2.63. The number of benzene rings is 1. The molecule has 0 spiro atoms. The molecule has 1 aromatic carbocycles. The van der Waals surface area contributed by atoms with E-state index >= 15 is 0 Å². The lowest BCUT2D eigenvalue weighted by Crippen LogP contribution is -2.33. The molecule has 0 saturated carbocycles. The highest BCUT2D eigenvalue weighted by Crippen LogP contribution is 2.33. The van der Waals surface area contributed by atoms with E-state index in [4.69, 9.17) is 0 Å². The first-order valence-corrected chi connectivity index (χ1v) is 6.86. The summed E-state index contributed by atoms with van der Waals surface area (Å²) >= 11 is 7.26. The molecule has 2 aliphatic rings. The van der Waals surface area contributed by atoms with Gasteiger partial charge >= 0.3 is 0 Å². The van der Waals surface area contributed by atoms with Crippen LogP contribution in [0.3, 0.4) is 0 Å². The van der Waals surface area contributed by atoms with Crippen LogP contribution in [0.25, 0.3) is 12.2 Å². The van der Waals surface area contributed by atoms with E-state index in [2.05, 4.69) is 80.4 Å². The van der Waals surface area contributed by atoms with Crippen molar-refractivity contribution in [3.63, 3.8) is 0 Å². The molecule has 0 nitrogen and oxygen atoms in total. The Morgan fingerprint density at radius 2 is 1.94 bits per heavy atom. The molecule has 3 rings (SSSR count). The second-order valence-electron chi connectivity index (χ2n) is 4.12. The van der Waals surface area contributed by atoms with Crippen molar-refractivity contribution in [1.29, 1.82) is 0 Å². The molecule has 2 atom stereocenters. The minimum absolute atomic E-state index is 0.465. The van der Waals surface area contributed by atoms with Crippen molar-refractivity contribution in [2.75, 3.05) is 0 Å². The van der Waals surface area contributed by atoms with Crippen LogP contribution in [0, 0.1) is 11.8 Å². The van der Waals surface area contributed by atoms with Crippen molar-refractivity contribution in [3.05, 3.63) is 55.8 Å². The maximum Gasteiger partial charge on any atom is 0.0250 e. The van der Waals surface area contributed by atoms with Gasteiger partial charge in [0.1, 0.15) is 0 Å². The average Bonchev–Trinajstić information content (AvgIpc) is 2.29. The molecule has 0 heterocycles. The van der Waals surface area contributed by atoms with Crippen LogP contribution in [0.5, 0.6) is 0 Å². The van der Waals surface area contributed by atoms with Crippen LogP contribution < -0.4 is 10.4 Å². The quantitative estimate of drug-likeness (QED) is 0.682. The fourth-order valence-corrected chi connectivity index (χ4v) is 3.40. The van der Waals surface area contributed by atoms with Crippen molar-refractivity contribution in [1.82, 2.24) is 0 Å². The molecule has 0 aromatic heterocycles. The lowest BCUT2D eigenvalue weighted by atomic mass is 9.84. The normalized spacial score (nSPS) is 26.0. The monoisotopic (exact) mass is 336 g/mol. The molecule has 0 aliphatic heterocycles. The van der Waals surface area contributed by atoms with Crippen LogP contribution in [-0.4, -0.2) is 0 Å². The van der Waals surface area contributed by atoms with E-state index in [1.165, 1.54) is 19.4 Å². The molecule has 0 radical (unpaired) electrons. The molecule has 0 fully saturated rings. The number of hydrogen-bond donors (Lipinski definition) is 0. The topological polar surface area (TPSA) is 0 Å². The first-order valence-electron chi connectivity index (χ1n) is 5.28. The molecule has 1 aromatic rings. The summed E-state index contributed by atoms with van der Waals surface area (Å²) in [6.45, 7) is 0. The first kappa shape index (κ1) is 10.5. The Labute approximate surface area is 111 Å². The van der Waals surface area contributed by atoms with Crippen LogP contribution in [0.2, 0.25) is 0 Å². The summed E-state index contributed by atoms with van der Waals surface area (Å²) in [6, 6.07) is 6.36. The maximum absolute atomic E-state index is 3.65. The Hall–Kier alpha value is -0.600. The van der Waals surface area contributed by atoms with Gasteiger partial charge in [-0.15, -0.1) is 0 Å². The minimum atomic E-state index is 0.465. The van der Waals surface area contributed by atoms with Gasteiger partial charge in [0.25, 0.3) is 0 Å². The number of rotatable bonds is 0. The van der Waals surface area contributed by atoms with Crippen molar-refractivity contribution in [2.24, 2.45) is 11.8 Å². The van der Waals surface area contributed by atoms with Crippen molar-refractivity contribution < 1.29 is 0 Å². The Morgan fingerprint density at radius 1 is 1.06 bits per heavy atom. The molecule has 16 heavy (non-hydrogen) atoms. The van der Waals surface area contributed by atoms with Gasteiger partial charge in [-0.3, -0.25) is 0 Å². The van der Waals surface area contributed by atoms with Crippen LogP contribution in [0.15, 0.2) is 45.4 Å². The zero-order chi connectivity index (χ0) is 11.1. The molecule has 0 saturated heterocycles. The predicted octanol–water partition coefficient (Wildman–Crippen LogP) is 3.10. The zero-order valence-electron chi connectivity index (χ0n) is 8.53. The minimum Gasteiger partial charge on any atom is -0.0766 e. The lowest BCUT2D eigenvalue weighted by molar-refractivity contribution is 0.715. The SMILES string of the molecule is BrC1=CC=CC2C=c3c(Br)cccc3=CC12. The maximum atomic E-state index is 3.65. The summed E-state index contributed by atoms with van der Waals surface area (Å²) in [5.74, 6) is 0.942. The smallest absolute Gasteiger partial charge is 0.0250 e. The number of allylic oxidation sites excluding steroid dienone is 4. The predicted molar refractivity (Wildman–Crippen MR) is 75.5 cm³/mol. The molecule has 2 aliphatic carbocycles. The number of fused-ring (bicyclic) bond motifs is 2. The highest BCUT2D eigenvalue weighted by molar-refractivity contribution is 9.11. The molecule has 0 amide bonds. The molecule has 0 bridgehead atoms. The first-order chi connectivity index (χ1) is 7.75. The van der Waals surface area contributed by atoms with Crippen LogP contribution in [0.4, 0.5) is 0 Å². The third-order valence-corrected chi connectivity index (χ3v) is 4.61. The molecular weight excluding hydrogens is 328 g/mol. The van der Waals surface area contributed by atoms with Crippen molar-refractivity contribution >= 4 is 44.0 Å². The van der Waals surface area contributed by atoms with Crippen molar-refractivity contribution in [3.8, 4) is 0 Å². The van der Waals surface area contributed by atoms with Gasteiger partial charge in [-0.2, -0.15) is 0 Å². The van der Waals surface area contributed by atoms with Gasteiger partial charge in [-0.05, 0) is 16.5 Å². The zero-order valence-corrected chi connectivity index (χ0v) is 11.7. The Kier molecular flexibility index (Phi) is 2.64. The summed E-state index contributed by atoms with van der Waals surface area (Å²) in [5.41, 5.74) is 0. The summed E-state index contributed by atoms with van der Waals surface area (Å²) in [6.07, 6.45) is 11.2. The standard InChI is InChI=1S/C14H10Br2/c15-13-5-1-3-9-7-12-10(8-11(9)13)4-2-6-14(12)16/h1-9,11H. The molecule has 2 unspecified atom stereocenters. The fraction of sp³-hybridized carbons (Fsp3) is 0.143. The average molecular weight is 338 g/mol. The highest BCUT2D eigenvalue weighted by atomic mass is 79.9. The van der Waals surface area contributed by atoms with E-state index in [1.807, 2.05) is 0 Å². The Morgan fingerprint density at radius 3 is 2.81 bits per heavy atom. The summed E-state index contributed by atoms with van der Waals surface area (Å²) in [7, 11) is 0. The molecule has 2 heteroatoms. The van der Waals surface area contributed by atoms with Gasteiger partial charge in [-0.1, -0.05) is 74.4 Å². The van der Waals surface area contributed by atoms with Crippen LogP contribution in [-0.2, 0) is 0 Å². The fourth-order valence-electron chi connectivity index (χ4n) is 2.30. The second-order valence-corrected chi connectivity index (χ2v) is 5.89. The van der Waals surface area contributed by atoms with E-state index in [0.717, 1.165) is 0 Å². The van der Waals surface area contributed by atoms with Crippen LogP contribution >= 0.6 is 31.9 Å². The van der Waals surface area contributed by atoms with E-state index in [9.17, 15) is 0 Å².